The second kappa shape index (κ2) is 8.78. The molecule has 0 saturated carbocycles. The first-order valence-corrected chi connectivity index (χ1v) is 7.62. The second-order valence-electron chi connectivity index (χ2n) is 6.16. The summed E-state index contributed by atoms with van der Waals surface area (Å²) in [5.74, 6) is 2.42. The highest BCUT2D eigenvalue weighted by atomic mass is 14.2. The molecular formula is C17H34. The topological polar surface area (TPSA) is 0 Å². The lowest BCUT2D eigenvalue weighted by molar-refractivity contribution is 0.411. The van der Waals surface area contributed by atoms with Gasteiger partial charge in [-0.1, -0.05) is 65.5 Å². The molecule has 0 nitrogen and oxygen atoms in total. The van der Waals surface area contributed by atoms with Crippen LogP contribution in [0.4, 0.5) is 0 Å². The highest BCUT2D eigenvalue weighted by Crippen LogP contribution is 2.30. The van der Waals surface area contributed by atoms with Gasteiger partial charge in [0.05, 0.1) is 0 Å². The summed E-state index contributed by atoms with van der Waals surface area (Å²) in [6.45, 7) is 16.5. The van der Waals surface area contributed by atoms with Crippen molar-refractivity contribution in [3.8, 4) is 0 Å². The minimum Gasteiger partial charge on any atom is -0.0738 e. The largest absolute Gasteiger partial charge is 0.0738 e. The second-order valence-corrected chi connectivity index (χ2v) is 6.16. The Balaban J connectivity index is 4.72. The van der Waals surface area contributed by atoms with E-state index in [9.17, 15) is 0 Å². The first kappa shape index (κ1) is 16.7. The molecule has 0 amide bonds. The predicted molar refractivity (Wildman–Crippen MR) is 80.3 cm³/mol. The van der Waals surface area contributed by atoms with Crippen LogP contribution in [-0.2, 0) is 0 Å². The number of hydrogen-bond donors (Lipinski definition) is 0. The zero-order valence-electron chi connectivity index (χ0n) is 13.3. The van der Waals surface area contributed by atoms with E-state index in [1.165, 1.54) is 32.1 Å². The van der Waals surface area contributed by atoms with E-state index in [1.54, 1.807) is 11.1 Å². The molecule has 2 atom stereocenters. The fourth-order valence-corrected chi connectivity index (χ4v) is 2.46. The Bertz CT molecular complexity index is 222. The molecule has 0 rings (SSSR count). The molecule has 0 saturated heterocycles. The number of hydrogen-bond acceptors (Lipinski definition) is 0. The molecular weight excluding hydrogens is 204 g/mol. The Labute approximate surface area is 110 Å². The molecule has 0 aromatic heterocycles. The van der Waals surface area contributed by atoms with E-state index in [0.29, 0.717) is 0 Å². The minimum absolute atomic E-state index is 0.770. The fourth-order valence-electron chi connectivity index (χ4n) is 2.46. The lowest BCUT2D eigenvalue weighted by Gasteiger charge is -2.24. The Kier molecular flexibility index (Phi) is 8.64. The standard InChI is InChI=1S/C17H34/c1-8-10-17(16(7)14(5)9-2)15(6)12-11-13(3)4/h13-14,16H,8-12H2,1-7H3. The number of allylic oxidation sites excluding steroid dienone is 2. The average molecular weight is 238 g/mol. The van der Waals surface area contributed by atoms with Gasteiger partial charge in [0.1, 0.15) is 0 Å². The summed E-state index contributed by atoms with van der Waals surface area (Å²) in [7, 11) is 0. The minimum atomic E-state index is 0.770. The monoisotopic (exact) mass is 238 g/mol. The van der Waals surface area contributed by atoms with Crippen LogP contribution in [0.1, 0.15) is 80.6 Å². The quantitative estimate of drug-likeness (QED) is 0.440. The van der Waals surface area contributed by atoms with Gasteiger partial charge in [-0.25, -0.2) is 0 Å². The average Bonchev–Trinajstić information content (AvgIpc) is 2.31. The molecule has 0 aliphatic carbocycles. The molecule has 0 aromatic rings. The van der Waals surface area contributed by atoms with Gasteiger partial charge in [-0.3, -0.25) is 0 Å². The normalized spacial score (nSPS) is 16.9. The molecule has 102 valence electrons. The van der Waals surface area contributed by atoms with E-state index in [4.69, 9.17) is 0 Å². The van der Waals surface area contributed by atoms with E-state index >= 15 is 0 Å². The van der Waals surface area contributed by atoms with Gasteiger partial charge in [0.25, 0.3) is 0 Å². The summed E-state index contributed by atoms with van der Waals surface area (Å²) in [5.41, 5.74) is 3.43. The lowest BCUT2D eigenvalue weighted by Crippen LogP contribution is -2.12. The Hall–Kier alpha value is -0.260. The lowest BCUT2D eigenvalue weighted by atomic mass is 9.81. The van der Waals surface area contributed by atoms with E-state index in [1.807, 2.05) is 0 Å². The molecule has 0 aliphatic heterocycles. The van der Waals surface area contributed by atoms with E-state index in [-0.39, 0.29) is 0 Å². The summed E-state index contributed by atoms with van der Waals surface area (Å²) in [4.78, 5) is 0. The van der Waals surface area contributed by atoms with Gasteiger partial charge in [0, 0.05) is 0 Å². The van der Waals surface area contributed by atoms with Gasteiger partial charge in [-0.15, -0.1) is 0 Å². The molecule has 0 aromatic carbocycles. The van der Waals surface area contributed by atoms with Gasteiger partial charge >= 0.3 is 0 Å². The van der Waals surface area contributed by atoms with Crippen LogP contribution < -0.4 is 0 Å². The van der Waals surface area contributed by atoms with Crippen LogP contribution in [0, 0.1) is 17.8 Å². The smallest absolute Gasteiger partial charge is 0.0203 e. The summed E-state index contributed by atoms with van der Waals surface area (Å²) in [5, 5.41) is 0. The third-order valence-corrected chi connectivity index (χ3v) is 4.21. The molecule has 0 N–H and O–H groups in total. The van der Waals surface area contributed by atoms with Crippen molar-refractivity contribution in [1.29, 1.82) is 0 Å². The maximum absolute atomic E-state index is 2.43. The van der Waals surface area contributed by atoms with Crippen LogP contribution in [0.25, 0.3) is 0 Å². The molecule has 0 heterocycles. The highest BCUT2D eigenvalue weighted by molar-refractivity contribution is 5.15. The first-order valence-electron chi connectivity index (χ1n) is 7.62. The third-order valence-electron chi connectivity index (χ3n) is 4.21. The van der Waals surface area contributed by atoms with Crippen molar-refractivity contribution in [2.75, 3.05) is 0 Å². The van der Waals surface area contributed by atoms with Crippen LogP contribution in [0.2, 0.25) is 0 Å². The SMILES string of the molecule is CCCC(=C(C)CCC(C)C)C(C)C(C)CC. The van der Waals surface area contributed by atoms with Crippen molar-refractivity contribution in [3.63, 3.8) is 0 Å². The maximum Gasteiger partial charge on any atom is -0.0203 e. The Morgan fingerprint density at radius 3 is 1.94 bits per heavy atom. The van der Waals surface area contributed by atoms with E-state index in [2.05, 4.69) is 48.5 Å². The maximum atomic E-state index is 2.43. The summed E-state index contributed by atoms with van der Waals surface area (Å²) >= 11 is 0. The number of rotatable bonds is 8. The van der Waals surface area contributed by atoms with Gasteiger partial charge in [0.2, 0.25) is 0 Å². The molecule has 2 unspecified atom stereocenters. The van der Waals surface area contributed by atoms with Crippen LogP contribution in [0.15, 0.2) is 11.1 Å². The Morgan fingerprint density at radius 1 is 0.941 bits per heavy atom. The molecule has 0 heteroatoms. The summed E-state index contributed by atoms with van der Waals surface area (Å²) in [6.07, 6.45) is 6.52. The van der Waals surface area contributed by atoms with Gasteiger partial charge in [-0.2, -0.15) is 0 Å². The zero-order valence-corrected chi connectivity index (χ0v) is 13.3. The molecule has 0 radical (unpaired) electrons. The predicted octanol–water partition coefficient (Wildman–Crippen LogP) is 6.22. The van der Waals surface area contributed by atoms with Gasteiger partial charge in [0.15, 0.2) is 0 Å². The fraction of sp³-hybridized carbons (Fsp3) is 0.882. The molecule has 0 bridgehead atoms. The first-order chi connectivity index (χ1) is 7.93. The summed E-state index contributed by atoms with van der Waals surface area (Å²) in [6, 6.07) is 0. The van der Waals surface area contributed by atoms with Crippen LogP contribution in [-0.4, -0.2) is 0 Å². The molecule has 0 fully saturated rings. The molecule has 0 spiro atoms. The van der Waals surface area contributed by atoms with Crippen molar-refractivity contribution in [1.82, 2.24) is 0 Å². The van der Waals surface area contributed by atoms with Gasteiger partial charge in [-0.05, 0) is 43.9 Å². The van der Waals surface area contributed by atoms with Crippen molar-refractivity contribution >= 4 is 0 Å². The van der Waals surface area contributed by atoms with Crippen LogP contribution in [0.5, 0.6) is 0 Å². The molecule has 17 heavy (non-hydrogen) atoms. The van der Waals surface area contributed by atoms with Crippen molar-refractivity contribution in [2.45, 2.75) is 80.6 Å². The Morgan fingerprint density at radius 2 is 1.53 bits per heavy atom. The highest BCUT2D eigenvalue weighted by Gasteiger charge is 2.16. The van der Waals surface area contributed by atoms with Crippen LogP contribution in [0.3, 0.4) is 0 Å². The zero-order chi connectivity index (χ0) is 13.4. The van der Waals surface area contributed by atoms with Crippen LogP contribution >= 0.6 is 0 Å². The van der Waals surface area contributed by atoms with Crippen molar-refractivity contribution < 1.29 is 0 Å². The molecule has 0 aliphatic rings. The van der Waals surface area contributed by atoms with E-state index < -0.39 is 0 Å². The summed E-state index contributed by atoms with van der Waals surface area (Å²) < 4.78 is 0. The third kappa shape index (κ3) is 6.29. The van der Waals surface area contributed by atoms with E-state index in [0.717, 1.165) is 17.8 Å². The van der Waals surface area contributed by atoms with Crippen molar-refractivity contribution in [2.24, 2.45) is 17.8 Å². The van der Waals surface area contributed by atoms with Crippen molar-refractivity contribution in [3.05, 3.63) is 11.1 Å². The van der Waals surface area contributed by atoms with Gasteiger partial charge < -0.3 is 0 Å².